The molecule has 6 heteroatoms. The SMILES string of the molecule is C[C@@H]1C[C@]2(NC(=O)NC2=O)C2CC(F)=CC=C2O1. The molecule has 2 fully saturated rings. The molecule has 0 bridgehead atoms. The van der Waals surface area contributed by atoms with Crippen molar-refractivity contribution in [2.45, 2.75) is 31.4 Å². The predicted octanol–water partition coefficient (Wildman–Crippen LogP) is 1.13. The van der Waals surface area contributed by atoms with Crippen LogP contribution in [0.4, 0.5) is 9.18 Å². The van der Waals surface area contributed by atoms with E-state index in [1.165, 1.54) is 6.08 Å². The van der Waals surface area contributed by atoms with Gasteiger partial charge >= 0.3 is 6.03 Å². The average molecular weight is 252 g/mol. The summed E-state index contributed by atoms with van der Waals surface area (Å²) in [4.78, 5) is 23.4. The van der Waals surface area contributed by atoms with E-state index in [4.69, 9.17) is 4.74 Å². The number of amides is 3. The van der Waals surface area contributed by atoms with Gasteiger partial charge in [0.05, 0.1) is 12.0 Å². The summed E-state index contributed by atoms with van der Waals surface area (Å²) in [7, 11) is 0. The van der Waals surface area contributed by atoms with Gasteiger partial charge in [0, 0.05) is 12.8 Å². The molecule has 3 amide bonds. The molecule has 0 aromatic carbocycles. The summed E-state index contributed by atoms with van der Waals surface area (Å²) in [5.74, 6) is -0.610. The Balaban J connectivity index is 2.04. The van der Waals surface area contributed by atoms with Crippen molar-refractivity contribution in [1.29, 1.82) is 0 Å². The standard InChI is InChI=1S/C12H13FN2O3/c1-6-5-12(10(16)14-11(17)15-12)8-4-7(13)2-3-9(8)18-6/h2-3,6,8H,4-5H2,1H3,(H2,14,15,16,17)/t6-,8?,12+/m1/s1. The van der Waals surface area contributed by atoms with E-state index in [2.05, 4.69) is 10.6 Å². The molecule has 3 rings (SSSR count). The van der Waals surface area contributed by atoms with Gasteiger partial charge in [-0.25, -0.2) is 9.18 Å². The van der Waals surface area contributed by atoms with Gasteiger partial charge in [-0.1, -0.05) is 0 Å². The Morgan fingerprint density at radius 1 is 1.44 bits per heavy atom. The number of rotatable bonds is 0. The van der Waals surface area contributed by atoms with E-state index in [1.54, 1.807) is 6.08 Å². The highest BCUT2D eigenvalue weighted by Gasteiger charge is 2.57. The van der Waals surface area contributed by atoms with Crippen molar-refractivity contribution in [3.63, 3.8) is 0 Å². The number of urea groups is 1. The zero-order valence-electron chi connectivity index (χ0n) is 9.83. The van der Waals surface area contributed by atoms with Crippen molar-refractivity contribution >= 4 is 11.9 Å². The largest absolute Gasteiger partial charge is 0.495 e. The molecule has 1 aliphatic carbocycles. The molecule has 0 aromatic rings. The van der Waals surface area contributed by atoms with Crippen LogP contribution in [0.1, 0.15) is 19.8 Å². The maximum atomic E-state index is 13.4. The zero-order chi connectivity index (χ0) is 12.9. The van der Waals surface area contributed by atoms with Crippen molar-refractivity contribution in [2.75, 3.05) is 0 Å². The van der Waals surface area contributed by atoms with Gasteiger partial charge in [-0.05, 0) is 19.1 Å². The van der Waals surface area contributed by atoms with Gasteiger partial charge in [0.1, 0.15) is 17.1 Å². The third-order valence-corrected chi connectivity index (χ3v) is 3.68. The van der Waals surface area contributed by atoms with E-state index in [-0.39, 0.29) is 18.4 Å². The fourth-order valence-electron chi connectivity index (χ4n) is 2.95. The lowest BCUT2D eigenvalue weighted by molar-refractivity contribution is -0.130. The van der Waals surface area contributed by atoms with Gasteiger partial charge < -0.3 is 10.1 Å². The van der Waals surface area contributed by atoms with Crippen molar-refractivity contribution < 1.29 is 18.7 Å². The molecule has 0 radical (unpaired) electrons. The summed E-state index contributed by atoms with van der Waals surface area (Å²) >= 11 is 0. The lowest BCUT2D eigenvalue weighted by atomic mass is 9.73. The Labute approximate surface area is 103 Å². The van der Waals surface area contributed by atoms with Gasteiger partial charge in [0.15, 0.2) is 0 Å². The van der Waals surface area contributed by atoms with Gasteiger partial charge in [0.2, 0.25) is 0 Å². The first-order valence-corrected chi connectivity index (χ1v) is 5.88. The van der Waals surface area contributed by atoms with E-state index in [1.807, 2.05) is 6.92 Å². The second kappa shape index (κ2) is 3.57. The number of hydrogen-bond donors (Lipinski definition) is 2. The number of ether oxygens (including phenoxy) is 1. The minimum absolute atomic E-state index is 0.0756. The number of allylic oxidation sites excluding steroid dienone is 3. The lowest BCUT2D eigenvalue weighted by Crippen LogP contribution is -2.58. The van der Waals surface area contributed by atoms with E-state index >= 15 is 0 Å². The van der Waals surface area contributed by atoms with Crippen LogP contribution in [0.5, 0.6) is 0 Å². The van der Waals surface area contributed by atoms with Gasteiger partial charge in [-0.2, -0.15) is 0 Å². The van der Waals surface area contributed by atoms with Crippen molar-refractivity contribution in [2.24, 2.45) is 5.92 Å². The van der Waals surface area contributed by atoms with Crippen molar-refractivity contribution in [3.8, 4) is 0 Å². The molecular weight excluding hydrogens is 239 g/mol. The normalized spacial score (nSPS) is 38.3. The summed E-state index contributed by atoms with van der Waals surface area (Å²) < 4.78 is 19.1. The number of halogens is 1. The molecule has 1 spiro atoms. The molecule has 96 valence electrons. The third kappa shape index (κ3) is 1.45. The summed E-state index contributed by atoms with van der Waals surface area (Å²) in [5, 5.41) is 4.89. The molecule has 18 heavy (non-hydrogen) atoms. The molecule has 2 aliphatic heterocycles. The summed E-state index contributed by atoms with van der Waals surface area (Å²) in [6, 6.07) is -0.525. The lowest BCUT2D eigenvalue weighted by Gasteiger charge is -2.43. The van der Waals surface area contributed by atoms with Crippen molar-refractivity contribution in [3.05, 3.63) is 23.7 Å². The summed E-state index contributed by atoms with van der Waals surface area (Å²) in [6.07, 6.45) is 3.10. The van der Waals surface area contributed by atoms with E-state index in [9.17, 15) is 14.0 Å². The Kier molecular flexibility index (Phi) is 2.23. The predicted molar refractivity (Wildman–Crippen MR) is 60.0 cm³/mol. The Hall–Kier alpha value is -1.85. The van der Waals surface area contributed by atoms with Crippen LogP contribution in [-0.4, -0.2) is 23.6 Å². The smallest absolute Gasteiger partial charge is 0.322 e. The molecule has 5 nitrogen and oxygen atoms in total. The number of imide groups is 1. The highest BCUT2D eigenvalue weighted by molar-refractivity contribution is 6.07. The van der Waals surface area contributed by atoms with Crippen LogP contribution in [0.3, 0.4) is 0 Å². The average Bonchev–Trinajstić information content (AvgIpc) is 2.55. The van der Waals surface area contributed by atoms with Crippen LogP contribution in [-0.2, 0) is 9.53 Å². The number of hydrogen-bond acceptors (Lipinski definition) is 3. The first kappa shape index (κ1) is 11.3. The quantitative estimate of drug-likeness (QED) is 0.635. The van der Waals surface area contributed by atoms with Gasteiger partial charge in [-0.3, -0.25) is 10.1 Å². The number of carbonyl (C=O) groups is 2. The maximum Gasteiger partial charge on any atom is 0.322 e. The van der Waals surface area contributed by atoms with Crippen LogP contribution in [0.15, 0.2) is 23.7 Å². The Bertz CT molecular complexity index is 500. The molecule has 0 saturated carbocycles. The molecule has 3 aliphatic rings. The molecule has 1 unspecified atom stereocenters. The summed E-state index contributed by atoms with van der Waals surface area (Å²) in [5.41, 5.74) is -1.08. The molecule has 2 saturated heterocycles. The second-order valence-electron chi connectivity index (χ2n) is 4.95. The molecule has 3 atom stereocenters. The van der Waals surface area contributed by atoms with Crippen LogP contribution < -0.4 is 10.6 Å². The third-order valence-electron chi connectivity index (χ3n) is 3.68. The fourth-order valence-corrected chi connectivity index (χ4v) is 2.95. The second-order valence-corrected chi connectivity index (χ2v) is 4.95. The van der Waals surface area contributed by atoms with Crippen LogP contribution in [0.25, 0.3) is 0 Å². The highest BCUT2D eigenvalue weighted by atomic mass is 19.1. The zero-order valence-corrected chi connectivity index (χ0v) is 9.83. The number of carbonyl (C=O) groups excluding carboxylic acids is 2. The van der Waals surface area contributed by atoms with Gasteiger partial charge in [-0.15, -0.1) is 0 Å². The van der Waals surface area contributed by atoms with E-state index in [0.717, 1.165) is 0 Å². The Morgan fingerprint density at radius 3 is 2.89 bits per heavy atom. The van der Waals surface area contributed by atoms with E-state index < -0.39 is 23.4 Å². The summed E-state index contributed by atoms with van der Waals surface area (Å²) in [6.45, 7) is 1.82. The minimum Gasteiger partial charge on any atom is -0.495 e. The number of nitrogens with one attached hydrogen (secondary N) is 2. The first-order chi connectivity index (χ1) is 8.51. The highest BCUT2D eigenvalue weighted by Crippen LogP contribution is 2.43. The van der Waals surface area contributed by atoms with Crippen LogP contribution in [0.2, 0.25) is 0 Å². The first-order valence-electron chi connectivity index (χ1n) is 5.88. The molecule has 2 heterocycles. The molecule has 2 N–H and O–H groups in total. The Morgan fingerprint density at radius 2 is 2.22 bits per heavy atom. The van der Waals surface area contributed by atoms with Crippen LogP contribution >= 0.6 is 0 Å². The molecular formula is C12H13FN2O3. The fraction of sp³-hybridized carbons (Fsp3) is 0.500. The minimum atomic E-state index is -1.08. The van der Waals surface area contributed by atoms with E-state index in [0.29, 0.717) is 12.2 Å². The monoisotopic (exact) mass is 252 g/mol. The van der Waals surface area contributed by atoms with Gasteiger partial charge in [0.25, 0.3) is 5.91 Å². The topological polar surface area (TPSA) is 67.4 Å². The number of fused-ring (bicyclic) bond motifs is 2. The molecule has 0 aromatic heterocycles. The van der Waals surface area contributed by atoms with Crippen LogP contribution in [0, 0.1) is 5.92 Å². The maximum absolute atomic E-state index is 13.4. The van der Waals surface area contributed by atoms with Crippen molar-refractivity contribution in [1.82, 2.24) is 10.6 Å².